The highest BCUT2D eigenvalue weighted by Crippen LogP contribution is 2.33. The van der Waals surface area contributed by atoms with E-state index in [0.717, 1.165) is 11.3 Å². The van der Waals surface area contributed by atoms with Crippen LogP contribution < -0.4 is 10.0 Å². The van der Waals surface area contributed by atoms with Gasteiger partial charge in [0.1, 0.15) is 16.0 Å². The highest BCUT2D eigenvalue weighted by Gasteiger charge is 2.27. The summed E-state index contributed by atoms with van der Waals surface area (Å²) < 4.78 is 20.1. The molecular formula is C15H22Cl2N2O4S2. The lowest BCUT2D eigenvalue weighted by Crippen LogP contribution is -2.49. The van der Waals surface area contributed by atoms with E-state index >= 15 is 0 Å². The highest BCUT2D eigenvalue weighted by atomic mass is 35.5. The molecule has 0 fully saturated rings. The van der Waals surface area contributed by atoms with Gasteiger partial charge in [-0.15, -0.1) is 11.3 Å². The lowest BCUT2D eigenvalue weighted by molar-refractivity contribution is -0.121. The van der Waals surface area contributed by atoms with Crippen molar-refractivity contribution in [1.82, 2.24) is 10.0 Å². The van der Waals surface area contributed by atoms with E-state index in [4.69, 9.17) is 27.9 Å². The number of amides is 2. The number of carbonyl (C=O) groups excluding carboxylic acids is 2. The van der Waals surface area contributed by atoms with Crippen molar-refractivity contribution in [3.8, 4) is 0 Å². The average Bonchev–Trinajstić information content (AvgIpc) is 2.75. The zero-order chi connectivity index (χ0) is 19.4. The SMILES string of the molecule is CC(C)C[C@H](NC(=O)OC(C)(C)C)C(=O)NS(=O)c1csc(Cl)c1Cl. The third-order valence-corrected chi connectivity index (χ3v) is 5.96. The molecule has 2 N–H and O–H groups in total. The molecule has 2 amide bonds. The molecule has 2 atom stereocenters. The number of hydrogen-bond acceptors (Lipinski definition) is 5. The van der Waals surface area contributed by atoms with E-state index in [1.54, 1.807) is 20.8 Å². The van der Waals surface area contributed by atoms with E-state index < -0.39 is 34.6 Å². The van der Waals surface area contributed by atoms with Crippen LogP contribution in [0.25, 0.3) is 0 Å². The van der Waals surface area contributed by atoms with Crippen LogP contribution in [-0.2, 0) is 20.5 Å². The van der Waals surface area contributed by atoms with Crippen LogP contribution >= 0.6 is 34.5 Å². The fraction of sp³-hybridized carbons (Fsp3) is 0.600. The number of thiophene rings is 1. The Morgan fingerprint density at radius 2 is 1.92 bits per heavy atom. The summed E-state index contributed by atoms with van der Waals surface area (Å²) in [5.74, 6) is -0.463. The zero-order valence-electron chi connectivity index (χ0n) is 14.6. The third-order valence-electron chi connectivity index (χ3n) is 2.77. The molecule has 25 heavy (non-hydrogen) atoms. The molecule has 6 nitrogen and oxygen atoms in total. The Labute approximate surface area is 164 Å². The van der Waals surface area contributed by atoms with Crippen molar-refractivity contribution >= 4 is 57.5 Å². The van der Waals surface area contributed by atoms with Crippen molar-refractivity contribution in [1.29, 1.82) is 0 Å². The summed E-state index contributed by atoms with van der Waals surface area (Å²) in [5.41, 5.74) is -0.688. The number of nitrogens with one attached hydrogen (secondary N) is 2. The second-order valence-electron chi connectivity index (χ2n) is 6.75. The summed E-state index contributed by atoms with van der Waals surface area (Å²) in [6.45, 7) is 8.98. The summed E-state index contributed by atoms with van der Waals surface area (Å²) in [6, 6.07) is -0.883. The lowest BCUT2D eigenvalue weighted by Gasteiger charge is -2.24. The van der Waals surface area contributed by atoms with Crippen LogP contribution in [0, 0.1) is 5.92 Å². The topological polar surface area (TPSA) is 84.5 Å². The maximum Gasteiger partial charge on any atom is 0.408 e. The van der Waals surface area contributed by atoms with Gasteiger partial charge in [-0.2, -0.15) is 0 Å². The second kappa shape index (κ2) is 9.21. The predicted molar refractivity (Wildman–Crippen MR) is 102 cm³/mol. The molecule has 10 heteroatoms. The van der Waals surface area contributed by atoms with Gasteiger partial charge in [-0.3, -0.25) is 9.52 Å². The Morgan fingerprint density at radius 3 is 2.36 bits per heavy atom. The Kier molecular flexibility index (Phi) is 8.18. The molecule has 0 aliphatic rings. The standard InChI is InChI=1S/C15H22Cl2N2O4S2/c1-8(2)6-9(18-14(21)23-15(3,4)5)13(20)19-25(22)10-7-24-12(17)11(10)16/h7-9H,6H2,1-5H3,(H,18,21)(H,19,20)/t9-,25?/m0/s1. The normalized spacial score (nSPS) is 14.1. The average molecular weight is 429 g/mol. The molecule has 1 rings (SSSR count). The summed E-state index contributed by atoms with van der Waals surface area (Å²) in [5, 5.41) is 4.18. The molecule has 0 radical (unpaired) electrons. The number of alkyl carbamates (subject to hydrolysis) is 1. The molecule has 0 aliphatic heterocycles. The lowest BCUT2D eigenvalue weighted by atomic mass is 10.0. The maximum atomic E-state index is 12.4. The summed E-state index contributed by atoms with van der Waals surface area (Å²) in [7, 11) is -1.87. The van der Waals surface area contributed by atoms with Gasteiger partial charge in [0.2, 0.25) is 0 Å². The van der Waals surface area contributed by atoms with Crippen molar-refractivity contribution in [2.45, 2.75) is 57.6 Å². The number of carbonyl (C=O) groups is 2. The summed E-state index contributed by atoms with van der Waals surface area (Å²) in [4.78, 5) is 24.6. The van der Waals surface area contributed by atoms with Gasteiger partial charge in [0.15, 0.2) is 11.0 Å². The Hall–Kier alpha value is -0.830. The first-order valence-electron chi connectivity index (χ1n) is 7.55. The Bertz CT molecular complexity index is 656. The van der Waals surface area contributed by atoms with Gasteiger partial charge in [-0.05, 0) is 33.1 Å². The van der Waals surface area contributed by atoms with Gasteiger partial charge in [-0.25, -0.2) is 9.00 Å². The Balaban J connectivity index is 2.81. The third kappa shape index (κ3) is 7.52. The molecular weight excluding hydrogens is 407 g/mol. The maximum absolute atomic E-state index is 12.4. The van der Waals surface area contributed by atoms with E-state index in [1.165, 1.54) is 5.38 Å². The highest BCUT2D eigenvalue weighted by molar-refractivity contribution is 7.84. The molecule has 0 bridgehead atoms. The van der Waals surface area contributed by atoms with E-state index in [0.29, 0.717) is 10.8 Å². The fourth-order valence-corrected chi connectivity index (χ4v) is 4.36. The number of halogens is 2. The molecule has 0 saturated carbocycles. The number of hydrogen-bond donors (Lipinski definition) is 2. The first-order chi connectivity index (χ1) is 11.4. The van der Waals surface area contributed by atoms with E-state index in [9.17, 15) is 13.8 Å². The molecule has 0 spiro atoms. The van der Waals surface area contributed by atoms with Crippen LogP contribution in [0.15, 0.2) is 10.3 Å². The molecule has 1 aromatic rings. The quantitative estimate of drug-likeness (QED) is 0.712. The molecule has 0 aromatic carbocycles. The van der Waals surface area contributed by atoms with Crippen LogP contribution in [0.3, 0.4) is 0 Å². The molecule has 0 saturated heterocycles. The van der Waals surface area contributed by atoms with Crippen molar-refractivity contribution < 1.29 is 18.5 Å². The largest absolute Gasteiger partial charge is 0.444 e. The molecule has 1 unspecified atom stereocenters. The molecule has 0 aliphatic carbocycles. The summed E-state index contributed by atoms with van der Waals surface area (Å²) >= 11 is 12.9. The minimum absolute atomic E-state index is 0.123. The van der Waals surface area contributed by atoms with E-state index in [1.807, 2.05) is 13.8 Å². The molecule has 142 valence electrons. The first kappa shape index (κ1) is 22.2. The van der Waals surface area contributed by atoms with Gasteiger partial charge < -0.3 is 10.1 Å². The van der Waals surface area contributed by atoms with Gasteiger partial charge in [0.05, 0.1) is 9.92 Å². The van der Waals surface area contributed by atoms with Gasteiger partial charge in [0, 0.05) is 5.38 Å². The predicted octanol–water partition coefficient (Wildman–Crippen LogP) is 4.13. The second-order valence-corrected chi connectivity index (χ2v) is 9.79. The summed E-state index contributed by atoms with van der Waals surface area (Å²) in [6.07, 6.45) is -0.351. The fourth-order valence-electron chi connectivity index (χ4n) is 1.80. The van der Waals surface area contributed by atoms with Gasteiger partial charge in [0.25, 0.3) is 5.91 Å². The van der Waals surface area contributed by atoms with E-state index in [-0.39, 0.29) is 15.8 Å². The monoisotopic (exact) mass is 428 g/mol. The minimum Gasteiger partial charge on any atom is -0.444 e. The van der Waals surface area contributed by atoms with Gasteiger partial charge in [-0.1, -0.05) is 37.0 Å². The van der Waals surface area contributed by atoms with Gasteiger partial charge >= 0.3 is 6.09 Å². The Morgan fingerprint density at radius 1 is 1.32 bits per heavy atom. The van der Waals surface area contributed by atoms with Crippen LogP contribution in [0.4, 0.5) is 4.79 Å². The first-order valence-corrected chi connectivity index (χ1v) is 10.3. The van der Waals surface area contributed by atoms with Crippen LogP contribution in [0.5, 0.6) is 0 Å². The van der Waals surface area contributed by atoms with Crippen LogP contribution in [0.1, 0.15) is 41.0 Å². The van der Waals surface area contributed by atoms with Crippen LogP contribution in [-0.4, -0.2) is 27.9 Å². The van der Waals surface area contributed by atoms with Crippen molar-refractivity contribution in [2.24, 2.45) is 5.92 Å². The molecule has 1 aromatic heterocycles. The zero-order valence-corrected chi connectivity index (χ0v) is 17.8. The van der Waals surface area contributed by atoms with Crippen molar-refractivity contribution in [3.63, 3.8) is 0 Å². The smallest absolute Gasteiger partial charge is 0.408 e. The number of rotatable bonds is 6. The van der Waals surface area contributed by atoms with Crippen molar-refractivity contribution in [3.05, 3.63) is 14.7 Å². The van der Waals surface area contributed by atoms with Crippen molar-refractivity contribution in [2.75, 3.05) is 0 Å². The van der Waals surface area contributed by atoms with E-state index in [2.05, 4.69) is 10.0 Å². The number of ether oxygens (including phenoxy) is 1. The molecule has 1 heterocycles. The minimum atomic E-state index is -1.87. The van der Waals surface area contributed by atoms with Crippen LogP contribution in [0.2, 0.25) is 9.36 Å².